The summed E-state index contributed by atoms with van der Waals surface area (Å²) in [5.41, 5.74) is 1.63. The van der Waals surface area contributed by atoms with Crippen LogP contribution in [0.4, 0.5) is 5.69 Å². The summed E-state index contributed by atoms with van der Waals surface area (Å²) < 4.78 is 5.58. The van der Waals surface area contributed by atoms with E-state index in [4.69, 9.17) is 28.2 Å². The third-order valence-electron chi connectivity index (χ3n) is 3.22. The molecule has 1 amide bonds. The van der Waals surface area contributed by atoms with Gasteiger partial charge in [0.05, 0.1) is 0 Å². The standard InChI is InChI=1S/C18H13ClN2O2S/c19-13-8-6-12(7-9-13)15-10-11-16(23-15)17(22)21-18(24)20-14-4-2-1-3-5-14/h1-11H,(H2,20,21,22,24). The van der Waals surface area contributed by atoms with Gasteiger partial charge in [-0.3, -0.25) is 10.1 Å². The van der Waals surface area contributed by atoms with Gasteiger partial charge < -0.3 is 9.73 Å². The Labute approximate surface area is 149 Å². The fourth-order valence-corrected chi connectivity index (χ4v) is 2.41. The van der Waals surface area contributed by atoms with Crippen molar-refractivity contribution in [2.24, 2.45) is 0 Å². The molecule has 2 aromatic carbocycles. The van der Waals surface area contributed by atoms with Gasteiger partial charge in [-0.05, 0) is 60.7 Å². The predicted octanol–water partition coefficient (Wildman–Crippen LogP) is 4.73. The molecule has 0 unspecified atom stereocenters. The zero-order valence-corrected chi connectivity index (χ0v) is 14.0. The van der Waals surface area contributed by atoms with Crippen molar-refractivity contribution >= 4 is 40.5 Å². The van der Waals surface area contributed by atoms with E-state index in [1.807, 2.05) is 42.5 Å². The highest BCUT2D eigenvalue weighted by Crippen LogP contribution is 2.23. The van der Waals surface area contributed by atoms with E-state index in [0.717, 1.165) is 11.3 Å². The van der Waals surface area contributed by atoms with E-state index in [1.165, 1.54) is 0 Å². The van der Waals surface area contributed by atoms with Crippen molar-refractivity contribution in [1.29, 1.82) is 0 Å². The van der Waals surface area contributed by atoms with Gasteiger partial charge >= 0.3 is 0 Å². The minimum absolute atomic E-state index is 0.178. The lowest BCUT2D eigenvalue weighted by atomic mass is 10.2. The van der Waals surface area contributed by atoms with Gasteiger partial charge in [-0.1, -0.05) is 29.8 Å². The van der Waals surface area contributed by atoms with Crippen LogP contribution in [-0.2, 0) is 0 Å². The van der Waals surface area contributed by atoms with Crippen LogP contribution in [0.15, 0.2) is 71.1 Å². The Morgan fingerprint density at radius 3 is 2.38 bits per heavy atom. The Morgan fingerprint density at radius 1 is 0.958 bits per heavy atom. The predicted molar refractivity (Wildman–Crippen MR) is 99.3 cm³/mol. The molecule has 24 heavy (non-hydrogen) atoms. The monoisotopic (exact) mass is 356 g/mol. The Hall–Kier alpha value is -2.63. The van der Waals surface area contributed by atoms with E-state index in [2.05, 4.69) is 10.6 Å². The van der Waals surface area contributed by atoms with Gasteiger partial charge in [0, 0.05) is 16.3 Å². The molecule has 0 bridgehead atoms. The fourth-order valence-electron chi connectivity index (χ4n) is 2.08. The number of para-hydroxylation sites is 1. The van der Waals surface area contributed by atoms with Crippen LogP contribution in [0.2, 0.25) is 5.02 Å². The topological polar surface area (TPSA) is 54.3 Å². The Kier molecular flexibility index (Phi) is 4.93. The number of carbonyl (C=O) groups is 1. The molecule has 6 heteroatoms. The molecule has 0 aliphatic heterocycles. The second kappa shape index (κ2) is 7.29. The first kappa shape index (κ1) is 16.2. The summed E-state index contributed by atoms with van der Waals surface area (Å²) in [6.07, 6.45) is 0. The Morgan fingerprint density at radius 2 is 1.67 bits per heavy atom. The molecule has 0 spiro atoms. The zero-order valence-electron chi connectivity index (χ0n) is 12.5. The summed E-state index contributed by atoms with van der Waals surface area (Å²) in [4.78, 5) is 12.2. The average molecular weight is 357 g/mol. The van der Waals surface area contributed by atoms with E-state index in [-0.39, 0.29) is 10.9 Å². The Balaban J connectivity index is 1.65. The molecule has 0 aliphatic carbocycles. The number of rotatable bonds is 3. The van der Waals surface area contributed by atoms with Gasteiger partial charge in [-0.15, -0.1) is 0 Å². The second-order valence-corrected chi connectivity index (χ2v) is 5.79. The van der Waals surface area contributed by atoms with Gasteiger partial charge in [-0.2, -0.15) is 0 Å². The molecule has 120 valence electrons. The van der Waals surface area contributed by atoms with Crippen LogP contribution in [0.5, 0.6) is 0 Å². The van der Waals surface area contributed by atoms with Crippen molar-refractivity contribution in [3.63, 3.8) is 0 Å². The average Bonchev–Trinajstić information content (AvgIpc) is 3.06. The molecule has 3 aromatic rings. The molecular weight excluding hydrogens is 344 g/mol. The number of amides is 1. The number of thiocarbonyl (C=S) groups is 1. The maximum atomic E-state index is 12.2. The maximum Gasteiger partial charge on any atom is 0.293 e. The van der Waals surface area contributed by atoms with Crippen LogP contribution < -0.4 is 10.6 Å². The fraction of sp³-hybridized carbons (Fsp3) is 0. The number of furan rings is 1. The van der Waals surface area contributed by atoms with Crippen LogP contribution in [0, 0.1) is 0 Å². The second-order valence-electron chi connectivity index (χ2n) is 4.95. The molecule has 0 radical (unpaired) electrons. The van der Waals surface area contributed by atoms with Gasteiger partial charge in [0.25, 0.3) is 5.91 Å². The number of hydrogen-bond donors (Lipinski definition) is 2. The first-order chi connectivity index (χ1) is 11.6. The molecule has 0 fully saturated rings. The molecule has 1 heterocycles. The van der Waals surface area contributed by atoms with Crippen LogP contribution in [0.25, 0.3) is 11.3 Å². The largest absolute Gasteiger partial charge is 0.451 e. The summed E-state index contributed by atoms with van der Waals surface area (Å²) in [5, 5.41) is 6.36. The van der Waals surface area contributed by atoms with Crippen molar-refractivity contribution in [2.45, 2.75) is 0 Å². The highest BCUT2D eigenvalue weighted by Gasteiger charge is 2.13. The van der Waals surface area contributed by atoms with Gasteiger partial charge in [-0.25, -0.2) is 0 Å². The molecule has 4 nitrogen and oxygen atoms in total. The van der Waals surface area contributed by atoms with E-state index < -0.39 is 5.91 Å². The van der Waals surface area contributed by atoms with E-state index in [9.17, 15) is 4.79 Å². The highest BCUT2D eigenvalue weighted by molar-refractivity contribution is 7.80. The molecule has 0 aliphatic rings. The number of benzene rings is 2. The van der Waals surface area contributed by atoms with Crippen LogP contribution in [0.1, 0.15) is 10.6 Å². The summed E-state index contributed by atoms with van der Waals surface area (Å²) in [7, 11) is 0. The van der Waals surface area contributed by atoms with Crippen molar-refractivity contribution in [3.8, 4) is 11.3 Å². The van der Waals surface area contributed by atoms with E-state index in [0.29, 0.717) is 10.8 Å². The quantitative estimate of drug-likeness (QED) is 0.666. The number of anilines is 1. The first-order valence-electron chi connectivity index (χ1n) is 7.15. The number of halogens is 1. The summed E-state index contributed by atoms with van der Waals surface area (Å²) in [6, 6.07) is 19.8. The summed E-state index contributed by atoms with van der Waals surface area (Å²) in [5.74, 6) is 0.347. The van der Waals surface area contributed by atoms with Gasteiger partial charge in [0.1, 0.15) is 5.76 Å². The van der Waals surface area contributed by atoms with E-state index >= 15 is 0 Å². The third-order valence-corrected chi connectivity index (χ3v) is 3.67. The number of nitrogens with one attached hydrogen (secondary N) is 2. The molecule has 0 saturated carbocycles. The van der Waals surface area contributed by atoms with Crippen LogP contribution in [-0.4, -0.2) is 11.0 Å². The highest BCUT2D eigenvalue weighted by atomic mass is 35.5. The molecular formula is C18H13ClN2O2S. The smallest absolute Gasteiger partial charge is 0.293 e. The number of carbonyl (C=O) groups excluding carboxylic acids is 1. The van der Waals surface area contributed by atoms with Crippen molar-refractivity contribution in [2.75, 3.05) is 5.32 Å². The summed E-state index contributed by atoms with van der Waals surface area (Å²) in [6.45, 7) is 0. The molecule has 0 atom stereocenters. The van der Waals surface area contributed by atoms with Crippen molar-refractivity contribution in [1.82, 2.24) is 5.32 Å². The lowest BCUT2D eigenvalue weighted by Crippen LogP contribution is -2.33. The lowest BCUT2D eigenvalue weighted by Gasteiger charge is -2.08. The molecule has 3 rings (SSSR count). The van der Waals surface area contributed by atoms with E-state index in [1.54, 1.807) is 24.3 Å². The SMILES string of the molecule is O=C(NC(=S)Nc1ccccc1)c1ccc(-c2ccc(Cl)cc2)o1. The van der Waals surface area contributed by atoms with Gasteiger partial charge in [0.2, 0.25) is 0 Å². The minimum Gasteiger partial charge on any atom is -0.451 e. The van der Waals surface area contributed by atoms with Crippen LogP contribution in [0.3, 0.4) is 0 Å². The maximum absolute atomic E-state index is 12.2. The first-order valence-corrected chi connectivity index (χ1v) is 7.93. The summed E-state index contributed by atoms with van der Waals surface area (Å²) >= 11 is 11.0. The normalized spacial score (nSPS) is 10.2. The lowest BCUT2D eigenvalue weighted by molar-refractivity contribution is 0.0951. The van der Waals surface area contributed by atoms with Crippen molar-refractivity contribution in [3.05, 3.63) is 77.5 Å². The van der Waals surface area contributed by atoms with Crippen LogP contribution >= 0.6 is 23.8 Å². The molecule has 1 aromatic heterocycles. The number of hydrogen-bond acceptors (Lipinski definition) is 3. The third kappa shape index (κ3) is 4.01. The van der Waals surface area contributed by atoms with Gasteiger partial charge in [0.15, 0.2) is 10.9 Å². The minimum atomic E-state index is -0.413. The molecule has 2 N–H and O–H groups in total. The molecule has 0 saturated heterocycles. The Bertz CT molecular complexity index is 860. The zero-order chi connectivity index (χ0) is 16.9. The van der Waals surface area contributed by atoms with Crippen molar-refractivity contribution < 1.29 is 9.21 Å².